The quantitative estimate of drug-likeness (QED) is 0.791. The van der Waals surface area contributed by atoms with Crippen LogP contribution in [0.3, 0.4) is 0 Å². The zero-order valence-electron chi connectivity index (χ0n) is 9.53. The van der Waals surface area contributed by atoms with E-state index in [4.69, 9.17) is 5.11 Å². The average molecular weight is 220 g/mol. The standard InChI is InChI=1S/C10H13.CHO2.CH3.Al/c1-9(2)8-10-6-4-3-5-7-10;2-1-3;;/h4-7,9H,8H2,1-2H3;(H,2,3);1H3;. The number of benzene rings is 1. The fourth-order valence-corrected chi connectivity index (χ4v) is 2.61. The van der Waals surface area contributed by atoms with Gasteiger partial charge in [-0.25, -0.2) is 0 Å². The van der Waals surface area contributed by atoms with Crippen LogP contribution in [0.1, 0.15) is 19.4 Å². The van der Waals surface area contributed by atoms with Crippen molar-refractivity contribution in [2.45, 2.75) is 26.1 Å². The Morgan fingerprint density at radius 1 is 1.33 bits per heavy atom. The van der Waals surface area contributed by atoms with E-state index in [0.717, 1.165) is 10.8 Å². The number of carbonyl (C=O) groups is 1. The van der Waals surface area contributed by atoms with E-state index in [-0.39, 0.29) is 0 Å². The van der Waals surface area contributed by atoms with Crippen molar-refractivity contribution in [1.29, 1.82) is 0 Å². The normalized spacial score (nSPS) is 10.4. The summed E-state index contributed by atoms with van der Waals surface area (Å²) in [7, 11) is 0. The van der Waals surface area contributed by atoms with E-state index in [0.29, 0.717) is 5.92 Å². The van der Waals surface area contributed by atoms with Gasteiger partial charge >= 0.3 is 14.1 Å². The van der Waals surface area contributed by atoms with E-state index < -0.39 is 19.0 Å². The lowest BCUT2D eigenvalue weighted by atomic mass is 10.0. The molecule has 0 aliphatic heterocycles. The van der Waals surface area contributed by atoms with Gasteiger partial charge in [-0.15, -0.1) is 0 Å². The van der Waals surface area contributed by atoms with Gasteiger partial charge in [0.25, 0.3) is 0 Å². The van der Waals surface area contributed by atoms with Crippen LogP contribution in [-0.4, -0.2) is 24.1 Å². The second-order valence-electron chi connectivity index (χ2n) is 4.40. The topological polar surface area (TPSA) is 37.3 Å². The van der Waals surface area contributed by atoms with Gasteiger partial charge in [-0.3, -0.25) is 4.79 Å². The molecule has 0 amide bonds. The molecule has 0 aromatic heterocycles. The predicted molar refractivity (Wildman–Crippen MR) is 64.3 cm³/mol. The molecule has 0 saturated heterocycles. The fraction of sp³-hybridized carbons (Fsp3) is 0.417. The maximum Gasteiger partial charge on any atom is 0.468 e. The second kappa shape index (κ2) is 5.35. The Morgan fingerprint density at radius 2 is 1.87 bits per heavy atom. The van der Waals surface area contributed by atoms with Crippen LogP contribution < -0.4 is 4.43 Å². The highest BCUT2D eigenvalue weighted by Gasteiger charge is 2.23. The molecule has 0 aliphatic rings. The maximum absolute atomic E-state index is 10.8. The summed E-state index contributed by atoms with van der Waals surface area (Å²) in [4.78, 5) is 10.2. The molecule has 2 nitrogen and oxygen atoms in total. The smallest absolute Gasteiger partial charge is 0.468 e. The molecule has 0 atom stereocenters. The molecule has 0 aliphatic carbocycles. The summed E-state index contributed by atoms with van der Waals surface area (Å²) in [5.41, 5.74) is 1.29. The van der Waals surface area contributed by atoms with E-state index in [9.17, 15) is 4.79 Å². The van der Waals surface area contributed by atoms with E-state index >= 15 is 0 Å². The SMILES string of the molecule is CC(C)Cc1cc[c]([Al]([CH3])[C](=O)O)cc1. The van der Waals surface area contributed by atoms with Crippen molar-refractivity contribution < 1.29 is 9.90 Å². The van der Waals surface area contributed by atoms with Gasteiger partial charge in [-0.2, -0.15) is 0 Å². The fourth-order valence-electron chi connectivity index (χ4n) is 1.56. The van der Waals surface area contributed by atoms with Gasteiger partial charge < -0.3 is 5.11 Å². The highest BCUT2D eigenvalue weighted by atomic mass is 27.2. The Morgan fingerprint density at radius 3 is 2.27 bits per heavy atom. The van der Waals surface area contributed by atoms with E-state index in [1.165, 1.54) is 5.56 Å². The molecule has 1 N–H and O–H groups in total. The molecule has 1 rings (SSSR count). The molecule has 1 aromatic carbocycles. The zero-order chi connectivity index (χ0) is 11.4. The highest BCUT2D eigenvalue weighted by Crippen LogP contribution is 2.06. The van der Waals surface area contributed by atoms with Crippen molar-refractivity contribution in [2.24, 2.45) is 5.92 Å². The van der Waals surface area contributed by atoms with E-state index in [1.807, 2.05) is 17.9 Å². The van der Waals surface area contributed by atoms with Gasteiger partial charge in [0.05, 0.1) is 0 Å². The van der Waals surface area contributed by atoms with E-state index in [1.54, 1.807) is 0 Å². The Balaban J connectivity index is 2.76. The maximum atomic E-state index is 10.8. The van der Waals surface area contributed by atoms with Crippen molar-refractivity contribution in [2.75, 3.05) is 0 Å². The molecular weight excluding hydrogens is 203 g/mol. The van der Waals surface area contributed by atoms with Crippen molar-refractivity contribution in [1.82, 2.24) is 0 Å². The predicted octanol–water partition coefficient (Wildman–Crippen LogP) is 2.48. The van der Waals surface area contributed by atoms with Crippen LogP contribution in [0.15, 0.2) is 24.3 Å². The van der Waals surface area contributed by atoms with Gasteiger partial charge in [0.15, 0.2) is 0 Å². The minimum atomic E-state index is -1.77. The molecule has 1 aromatic rings. The minimum Gasteiger partial charge on any atom is -0.496 e. The van der Waals surface area contributed by atoms with Gasteiger partial charge in [0, 0.05) is 0 Å². The third-order valence-electron chi connectivity index (χ3n) is 2.49. The molecule has 80 valence electrons. The van der Waals surface area contributed by atoms with Crippen LogP contribution in [0.5, 0.6) is 0 Å². The first-order valence-corrected chi connectivity index (χ1v) is 7.63. The van der Waals surface area contributed by atoms with Crippen molar-refractivity contribution in [3.05, 3.63) is 29.8 Å². The Labute approximate surface area is 95.3 Å². The van der Waals surface area contributed by atoms with Crippen LogP contribution in [0.4, 0.5) is 4.79 Å². The summed E-state index contributed by atoms with van der Waals surface area (Å²) in [6.07, 6.45) is 1.06. The summed E-state index contributed by atoms with van der Waals surface area (Å²) >= 11 is -1.77. The lowest BCUT2D eigenvalue weighted by molar-refractivity contribution is 0.219. The van der Waals surface area contributed by atoms with Gasteiger partial charge in [0.2, 0.25) is 4.83 Å². The molecule has 0 unspecified atom stereocenters. The summed E-state index contributed by atoms with van der Waals surface area (Å²) < 4.78 is 1.01. The molecule has 0 spiro atoms. The second-order valence-corrected chi connectivity index (χ2v) is 7.00. The van der Waals surface area contributed by atoms with Crippen LogP contribution in [0, 0.1) is 5.92 Å². The van der Waals surface area contributed by atoms with Gasteiger partial charge in [-0.05, 0) is 17.9 Å². The van der Waals surface area contributed by atoms with Crippen molar-refractivity contribution in [3.63, 3.8) is 0 Å². The Hall–Kier alpha value is -0.778. The van der Waals surface area contributed by atoms with E-state index in [2.05, 4.69) is 26.0 Å². The van der Waals surface area contributed by atoms with Crippen LogP contribution in [-0.2, 0) is 6.42 Å². The van der Waals surface area contributed by atoms with Gasteiger partial charge in [0.1, 0.15) is 0 Å². The Kier molecular flexibility index (Phi) is 4.38. The van der Waals surface area contributed by atoms with Crippen LogP contribution in [0.25, 0.3) is 0 Å². The first kappa shape index (κ1) is 12.3. The molecule has 0 heterocycles. The van der Waals surface area contributed by atoms with Crippen molar-refractivity contribution >= 4 is 23.4 Å². The van der Waals surface area contributed by atoms with Crippen LogP contribution >= 0.6 is 0 Å². The number of rotatable bonds is 4. The van der Waals surface area contributed by atoms with Crippen LogP contribution in [0.2, 0.25) is 5.79 Å². The monoisotopic (exact) mass is 220 g/mol. The van der Waals surface area contributed by atoms with Gasteiger partial charge in [-0.1, -0.05) is 48.3 Å². The summed E-state index contributed by atoms with van der Waals surface area (Å²) in [5.74, 6) is 2.49. The first-order chi connectivity index (χ1) is 7.00. The summed E-state index contributed by atoms with van der Waals surface area (Å²) in [6.45, 7) is 4.37. The number of carboxylic acid groups (broad SMARTS) is 1. The third-order valence-corrected chi connectivity index (χ3v) is 4.62. The molecule has 0 saturated carbocycles. The van der Waals surface area contributed by atoms with Crippen molar-refractivity contribution in [3.8, 4) is 0 Å². The lowest BCUT2D eigenvalue weighted by Crippen LogP contribution is -2.34. The average Bonchev–Trinajstić information content (AvgIpc) is 2.17. The molecule has 0 bridgehead atoms. The molecule has 15 heavy (non-hydrogen) atoms. The first-order valence-electron chi connectivity index (χ1n) is 5.32. The Bertz CT molecular complexity index is 330. The lowest BCUT2D eigenvalue weighted by Gasteiger charge is -2.06. The molecule has 3 heteroatoms. The largest absolute Gasteiger partial charge is 0.496 e. The minimum absolute atomic E-state index is 0.633. The molecule has 0 fully saturated rings. The summed E-state index contributed by atoms with van der Waals surface area (Å²) in [6, 6.07) is 8.06. The summed E-state index contributed by atoms with van der Waals surface area (Å²) in [5, 5.41) is 8.91. The zero-order valence-corrected chi connectivity index (χ0v) is 10.7. The molecule has 0 radical (unpaired) electrons. The number of hydrogen-bond donors (Lipinski definition) is 1. The number of hydrogen-bond acceptors (Lipinski definition) is 1. The third kappa shape index (κ3) is 3.70. The molecular formula is C12H17AlO2. The highest BCUT2D eigenvalue weighted by molar-refractivity contribution is 6.97.